The fourth-order valence-corrected chi connectivity index (χ4v) is 5.75. The number of hydrogen-bond acceptors (Lipinski definition) is 8. The second kappa shape index (κ2) is 13.1. The van der Waals surface area contributed by atoms with Crippen molar-refractivity contribution in [3.05, 3.63) is 51.0 Å². The molecule has 2 unspecified atom stereocenters. The molecule has 11 nitrogen and oxygen atoms in total. The number of nitrogens with zero attached hydrogens (tertiary/aromatic N) is 3. The van der Waals surface area contributed by atoms with E-state index in [1.165, 1.54) is 40.7 Å². The lowest BCUT2D eigenvalue weighted by molar-refractivity contribution is -0.159. The molecule has 0 aliphatic carbocycles. The predicted octanol–water partition coefficient (Wildman–Crippen LogP) is 5.12. The van der Waals surface area contributed by atoms with Crippen LogP contribution >= 0.6 is 22.6 Å². The highest BCUT2D eigenvalue weighted by Crippen LogP contribution is 2.35. The molecule has 2 N–H and O–H groups in total. The molecule has 1 aliphatic rings. The number of halogens is 2. The smallest absolute Gasteiger partial charge is 0.437 e. The van der Waals surface area contributed by atoms with Crippen molar-refractivity contribution < 1.29 is 36.7 Å². The van der Waals surface area contributed by atoms with Crippen LogP contribution in [0.4, 0.5) is 9.18 Å². The summed E-state index contributed by atoms with van der Waals surface area (Å²) in [5.41, 5.74) is 0.753. The molecule has 3 heterocycles. The number of pyridine rings is 1. The van der Waals surface area contributed by atoms with Crippen LogP contribution in [0, 0.1) is 15.3 Å². The normalized spacial score (nSPS) is 17.0. The van der Waals surface area contributed by atoms with Gasteiger partial charge in [-0.25, -0.2) is 18.4 Å². The van der Waals surface area contributed by atoms with Crippen LogP contribution in [0.15, 0.2) is 34.7 Å². The number of carbonyl (C=O) groups excluding carboxylic acids is 2. The molecule has 2 aromatic heterocycles. The van der Waals surface area contributed by atoms with Crippen LogP contribution in [0.5, 0.6) is 0 Å². The van der Waals surface area contributed by atoms with Gasteiger partial charge >= 0.3 is 6.16 Å². The van der Waals surface area contributed by atoms with Gasteiger partial charge in [0.25, 0.3) is 5.91 Å². The van der Waals surface area contributed by atoms with E-state index >= 15 is 0 Å². The first kappa shape index (κ1) is 31.3. The number of ether oxygens (including phenoxy) is 1. The first-order chi connectivity index (χ1) is 19.3. The summed E-state index contributed by atoms with van der Waals surface area (Å²) in [6, 6.07) is 7.33. The quantitative estimate of drug-likeness (QED) is 0.187. The Hall–Kier alpha value is -2.66. The molecule has 222 valence electrons. The van der Waals surface area contributed by atoms with Crippen LogP contribution < -0.4 is 5.32 Å². The summed E-state index contributed by atoms with van der Waals surface area (Å²) in [5, 5.41) is 4.60. The Kier molecular flexibility index (Phi) is 10.00. The van der Waals surface area contributed by atoms with Crippen molar-refractivity contribution >= 4 is 57.0 Å². The lowest BCUT2D eigenvalue weighted by atomic mass is 9.99. The number of benzene rings is 1. The molecule has 14 heteroatoms. The first-order valence-corrected chi connectivity index (χ1v) is 15.1. The Balaban J connectivity index is 1.55. The molecule has 4 rings (SSSR count). The van der Waals surface area contributed by atoms with Crippen molar-refractivity contribution in [1.82, 2.24) is 19.7 Å². The standard InChI is InChI=1S/C27H32FIN4O7S/c1-27(2,3)39-26(35)40-32-11-5-6-16(13-32)14-33(41(36)37)15-21-20(29)12-19-22(24(34)30-4)23(38-25(19)31-21)17-7-9-18(28)10-8-17/h7-10,12,16H,5-6,11,13-15H2,1-4H3,(H,30,34)(H,36,37). The third kappa shape index (κ3) is 8.00. The highest BCUT2D eigenvalue weighted by atomic mass is 127. The van der Waals surface area contributed by atoms with Crippen LogP contribution in [0.2, 0.25) is 0 Å². The maximum atomic E-state index is 13.5. The van der Waals surface area contributed by atoms with Crippen molar-refractivity contribution in [2.75, 3.05) is 26.7 Å². The maximum Gasteiger partial charge on any atom is 0.528 e. The van der Waals surface area contributed by atoms with E-state index in [1.54, 1.807) is 26.8 Å². The topological polar surface area (TPSA) is 134 Å². The van der Waals surface area contributed by atoms with Gasteiger partial charge in [0.2, 0.25) is 17.0 Å². The Bertz CT molecular complexity index is 1440. The molecule has 0 bridgehead atoms. The van der Waals surface area contributed by atoms with Crippen LogP contribution in [-0.4, -0.2) is 67.5 Å². The van der Waals surface area contributed by atoms with Crippen molar-refractivity contribution in [2.24, 2.45) is 5.92 Å². The summed E-state index contributed by atoms with van der Waals surface area (Å²) in [5.74, 6) is -0.621. The molecule has 1 saturated heterocycles. The Morgan fingerprint density at radius 1 is 1.32 bits per heavy atom. The molecule has 1 aromatic carbocycles. The largest absolute Gasteiger partial charge is 0.528 e. The summed E-state index contributed by atoms with van der Waals surface area (Å²) in [6.45, 7) is 6.44. The van der Waals surface area contributed by atoms with Gasteiger partial charge in [0.1, 0.15) is 17.2 Å². The third-order valence-corrected chi connectivity index (χ3v) is 8.01. The van der Waals surface area contributed by atoms with E-state index in [4.69, 9.17) is 14.0 Å². The average Bonchev–Trinajstić information content (AvgIpc) is 3.25. The summed E-state index contributed by atoms with van der Waals surface area (Å²) in [6.07, 6.45) is 0.726. The monoisotopic (exact) mass is 702 g/mol. The zero-order valence-electron chi connectivity index (χ0n) is 23.1. The SMILES string of the molecule is CNC(=O)c1c(-c2ccc(F)cc2)oc2nc(CN(CC3CCCN(OC(=O)OC(C)(C)C)C3)S(=O)O)c(I)cc12. The molecule has 1 aliphatic heterocycles. The number of hydroxylamine groups is 2. The molecule has 41 heavy (non-hydrogen) atoms. The summed E-state index contributed by atoms with van der Waals surface area (Å²) >= 11 is -0.243. The number of hydrogen-bond donors (Lipinski definition) is 2. The fourth-order valence-electron chi connectivity index (χ4n) is 4.57. The first-order valence-electron chi connectivity index (χ1n) is 13.0. The zero-order chi connectivity index (χ0) is 29.9. The molecule has 2 atom stereocenters. The second-order valence-electron chi connectivity index (χ2n) is 10.7. The van der Waals surface area contributed by atoms with Crippen LogP contribution in [0.1, 0.15) is 49.7 Å². The van der Waals surface area contributed by atoms with E-state index in [0.29, 0.717) is 33.3 Å². The average molecular weight is 703 g/mol. The molecule has 1 amide bonds. The second-order valence-corrected chi connectivity index (χ2v) is 12.8. The molecule has 3 aromatic rings. The minimum atomic E-state index is -2.31. The van der Waals surface area contributed by atoms with E-state index in [1.807, 2.05) is 0 Å². The number of amides is 1. The maximum absolute atomic E-state index is 13.5. The lowest BCUT2D eigenvalue weighted by Gasteiger charge is -2.33. The van der Waals surface area contributed by atoms with E-state index in [-0.39, 0.29) is 42.0 Å². The summed E-state index contributed by atoms with van der Waals surface area (Å²) < 4.78 is 49.3. The van der Waals surface area contributed by atoms with Crippen molar-refractivity contribution in [2.45, 2.75) is 45.8 Å². The number of carbonyl (C=O) groups is 2. The number of furan rings is 1. The molecule has 0 saturated carbocycles. The Labute approximate surface area is 253 Å². The minimum absolute atomic E-state index is 0.0304. The molecule has 0 spiro atoms. The summed E-state index contributed by atoms with van der Waals surface area (Å²) in [7, 11) is 1.50. The lowest BCUT2D eigenvalue weighted by Crippen LogP contribution is -2.43. The molecule has 1 fully saturated rings. The van der Waals surface area contributed by atoms with Gasteiger partial charge in [-0.2, -0.15) is 4.31 Å². The number of nitrogens with one attached hydrogen (secondary N) is 1. The highest BCUT2D eigenvalue weighted by Gasteiger charge is 2.29. The third-order valence-electron chi connectivity index (χ3n) is 6.35. The van der Waals surface area contributed by atoms with Gasteiger partial charge in [0.15, 0.2) is 0 Å². The van der Waals surface area contributed by atoms with Gasteiger partial charge in [-0.05, 0) is 92.5 Å². The Morgan fingerprint density at radius 2 is 2.02 bits per heavy atom. The summed E-state index contributed by atoms with van der Waals surface area (Å²) in [4.78, 5) is 34.8. The predicted molar refractivity (Wildman–Crippen MR) is 158 cm³/mol. The van der Waals surface area contributed by atoms with Crippen molar-refractivity contribution in [3.63, 3.8) is 0 Å². The van der Waals surface area contributed by atoms with Gasteiger partial charge < -0.3 is 19.3 Å². The van der Waals surface area contributed by atoms with Crippen LogP contribution in [-0.2, 0) is 27.4 Å². The number of rotatable bonds is 8. The minimum Gasteiger partial charge on any atom is -0.437 e. The van der Waals surface area contributed by atoms with Crippen molar-refractivity contribution in [3.8, 4) is 11.3 Å². The molecular formula is C27H32FIN4O7S. The molecular weight excluding hydrogens is 670 g/mol. The Morgan fingerprint density at radius 3 is 2.66 bits per heavy atom. The van der Waals surface area contributed by atoms with E-state index in [2.05, 4.69) is 32.9 Å². The highest BCUT2D eigenvalue weighted by molar-refractivity contribution is 14.1. The van der Waals surface area contributed by atoms with E-state index < -0.39 is 28.8 Å². The number of fused-ring (bicyclic) bond motifs is 1. The fraction of sp³-hybridized carbons (Fsp3) is 0.444. The van der Waals surface area contributed by atoms with Gasteiger partial charge in [-0.3, -0.25) is 9.35 Å². The zero-order valence-corrected chi connectivity index (χ0v) is 26.1. The van der Waals surface area contributed by atoms with Gasteiger partial charge in [-0.1, -0.05) is 0 Å². The van der Waals surface area contributed by atoms with Crippen molar-refractivity contribution in [1.29, 1.82) is 0 Å². The van der Waals surface area contributed by atoms with Gasteiger partial charge in [0, 0.05) is 35.8 Å². The van der Waals surface area contributed by atoms with Gasteiger partial charge in [0.05, 0.1) is 23.2 Å². The van der Waals surface area contributed by atoms with Crippen LogP contribution in [0.25, 0.3) is 22.4 Å². The van der Waals surface area contributed by atoms with Gasteiger partial charge in [-0.15, -0.1) is 5.06 Å². The van der Waals surface area contributed by atoms with Crippen LogP contribution in [0.3, 0.4) is 0 Å². The number of aromatic nitrogens is 1. The number of piperidine rings is 1. The van der Waals surface area contributed by atoms with E-state index in [9.17, 15) is 22.7 Å². The van der Waals surface area contributed by atoms with E-state index in [0.717, 1.165) is 12.8 Å². The molecule has 0 radical (unpaired) electrons.